The maximum Gasteiger partial charge on any atom is 0.237 e. The molecule has 0 bridgehead atoms. The summed E-state index contributed by atoms with van der Waals surface area (Å²) in [6.45, 7) is 4.61. The van der Waals surface area contributed by atoms with Crippen molar-refractivity contribution in [2.45, 2.75) is 39.3 Å². The van der Waals surface area contributed by atoms with Crippen LogP contribution in [0.15, 0.2) is 24.3 Å². The molecule has 0 spiro atoms. The molecule has 0 saturated carbocycles. The monoisotopic (exact) mass is 256 g/mol. The zero-order valence-corrected chi connectivity index (χ0v) is 11.2. The number of nitrogens with two attached hydrogens (primary N) is 1. The summed E-state index contributed by atoms with van der Waals surface area (Å²) in [5, 5.41) is 2.85. The summed E-state index contributed by atoms with van der Waals surface area (Å²) in [7, 11) is 0. The van der Waals surface area contributed by atoms with Gasteiger partial charge >= 0.3 is 0 Å². The van der Waals surface area contributed by atoms with E-state index in [1.165, 1.54) is 5.56 Å². The summed E-state index contributed by atoms with van der Waals surface area (Å²) in [6.07, 6.45) is 1.67. The number of halogens is 1. The average molecular weight is 257 g/mol. The first-order valence-electron chi connectivity index (χ1n) is 5.72. The van der Waals surface area contributed by atoms with Gasteiger partial charge in [0.1, 0.15) is 0 Å². The minimum absolute atomic E-state index is 0. The molecule has 0 aliphatic carbocycles. The minimum atomic E-state index is -0.380. The number of carbonyl (C=O) groups excluding carboxylic acids is 1. The summed E-state index contributed by atoms with van der Waals surface area (Å²) in [5.74, 6) is -0.0663. The number of hydrogen-bond donors (Lipinski definition) is 2. The second-order valence-corrected chi connectivity index (χ2v) is 4.10. The molecular formula is C13H21ClN2O. The van der Waals surface area contributed by atoms with Crippen LogP contribution in [-0.4, -0.2) is 11.9 Å². The lowest BCUT2D eigenvalue weighted by molar-refractivity contribution is -0.122. The SMILES string of the molecule is CCCC(N)C(=O)NCc1cccc(C)c1.Cl. The number of hydrogen-bond acceptors (Lipinski definition) is 2. The smallest absolute Gasteiger partial charge is 0.237 e. The highest BCUT2D eigenvalue weighted by Crippen LogP contribution is 2.03. The molecule has 3 N–H and O–H groups in total. The van der Waals surface area contributed by atoms with Gasteiger partial charge in [0.2, 0.25) is 5.91 Å². The summed E-state index contributed by atoms with van der Waals surface area (Å²) < 4.78 is 0. The van der Waals surface area contributed by atoms with Crippen LogP contribution in [0.4, 0.5) is 0 Å². The average Bonchev–Trinajstić information content (AvgIpc) is 2.26. The van der Waals surface area contributed by atoms with Crippen LogP contribution in [0, 0.1) is 6.92 Å². The molecule has 0 aliphatic heterocycles. The molecule has 1 atom stereocenters. The number of aryl methyl sites for hydroxylation is 1. The van der Waals surface area contributed by atoms with Gasteiger partial charge in [-0.3, -0.25) is 4.79 Å². The topological polar surface area (TPSA) is 55.1 Å². The van der Waals surface area contributed by atoms with Crippen molar-refractivity contribution < 1.29 is 4.79 Å². The molecule has 96 valence electrons. The van der Waals surface area contributed by atoms with Crippen LogP contribution < -0.4 is 11.1 Å². The number of nitrogens with one attached hydrogen (secondary N) is 1. The molecule has 1 amide bonds. The zero-order chi connectivity index (χ0) is 12.0. The minimum Gasteiger partial charge on any atom is -0.351 e. The van der Waals surface area contributed by atoms with E-state index in [9.17, 15) is 4.79 Å². The van der Waals surface area contributed by atoms with Crippen molar-refractivity contribution in [1.29, 1.82) is 0 Å². The second kappa shape index (κ2) is 8.09. The van der Waals surface area contributed by atoms with Gasteiger partial charge in [-0.1, -0.05) is 43.2 Å². The van der Waals surface area contributed by atoms with E-state index < -0.39 is 0 Å². The molecule has 0 fully saturated rings. The van der Waals surface area contributed by atoms with Gasteiger partial charge in [0.15, 0.2) is 0 Å². The number of benzene rings is 1. The van der Waals surface area contributed by atoms with E-state index in [4.69, 9.17) is 5.73 Å². The first-order chi connectivity index (χ1) is 7.63. The maximum atomic E-state index is 11.6. The van der Waals surface area contributed by atoms with Gasteiger partial charge in [-0.25, -0.2) is 0 Å². The fourth-order valence-corrected chi connectivity index (χ4v) is 1.58. The van der Waals surface area contributed by atoms with Crippen molar-refractivity contribution in [2.75, 3.05) is 0 Å². The van der Waals surface area contributed by atoms with Crippen LogP contribution >= 0.6 is 12.4 Å². The van der Waals surface area contributed by atoms with Crippen LogP contribution in [0.25, 0.3) is 0 Å². The molecule has 0 saturated heterocycles. The molecule has 3 nitrogen and oxygen atoms in total. The summed E-state index contributed by atoms with van der Waals surface area (Å²) >= 11 is 0. The number of rotatable bonds is 5. The third kappa shape index (κ3) is 5.71. The highest BCUT2D eigenvalue weighted by atomic mass is 35.5. The van der Waals surface area contributed by atoms with Crippen molar-refractivity contribution in [3.05, 3.63) is 35.4 Å². The maximum absolute atomic E-state index is 11.6. The molecule has 1 aromatic carbocycles. The van der Waals surface area contributed by atoms with Crippen LogP contribution in [0.5, 0.6) is 0 Å². The Hall–Kier alpha value is -1.06. The fourth-order valence-electron chi connectivity index (χ4n) is 1.58. The van der Waals surface area contributed by atoms with Crippen molar-refractivity contribution in [1.82, 2.24) is 5.32 Å². The van der Waals surface area contributed by atoms with Gasteiger partial charge in [0.25, 0.3) is 0 Å². The molecule has 0 radical (unpaired) electrons. The molecule has 1 unspecified atom stereocenters. The Balaban J connectivity index is 0.00000256. The van der Waals surface area contributed by atoms with Gasteiger partial charge < -0.3 is 11.1 Å². The van der Waals surface area contributed by atoms with E-state index in [1.807, 2.05) is 32.0 Å². The quantitative estimate of drug-likeness (QED) is 0.848. The molecule has 1 aromatic rings. The summed E-state index contributed by atoms with van der Waals surface area (Å²) in [4.78, 5) is 11.6. The Morgan fingerprint density at radius 2 is 2.18 bits per heavy atom. The predicted octanol–water partition coefficient (Wildman–Crippen LogP) is 2.16. The van der Waals surface area contributed by atoms with Crippen LogP contribution in [0.3, 0.4) is 0 Å². The van der Waals surface area contributed by atoms with Crippen molar-refractivity contribution in [2.24, 2.45) is 5.73 Å². The summed E-state index contributed by atoms with van der Waals surface area (Å²) in [6, 6.07) is 7.70. The van der Waals surface area contributed by atoms with Crippen molar-refractivity contribution in [3.8, 4) is 0 Å². The molecule has 1 rings (SSSR count). The first kappa shape index (κ1) is 15.9. The fraction of sp³-hybridized carbons (Fsp3) is 0.462. The van der Waals surface area contributed by atoms with E-state index >= 15 is 0 Å². The van der Waals surface area contributed by atoms with Gasteiger partial charge in [0, 0.05) is 6.54 Å². The lowest BCUT2D eigenvalue weighted by atomic mass is 10.1. The van der Waals surface area contributed by atoms with Crippen LogP contribution in [0.2, 0.25) is 0 Å². The zero-order valence-electron chi connectivity index (χ0n) is 10.4. The Bertz CT molecular complexity index is 355. The van der Waals surface area contributed by atoms with Crippen molar-refractivity contribution in [3.63, 3.8) is 0 Å². The van der Waals surface area contributed by atoms with Gasteiger partial charge in [0.05, 0.1) is 6.04 Å². The Morgan fingerprint density at radius 3 is 2.76 bits per heavy atom. The Labute approximate surface area is 109 Å². The molecular weight excluding hydrogens is 236 g/mol. The number of amides is 1. The van der Waals surface area contributed by atoms with E-state index in [0.717, 1.165) is 18.4 Å². The highest BCUT2D eigenvalue weighted by molar-refractivity contribution is 5.85. The lowest BCUT2D eigenvalue weighted by Gasteiger charge is -2.11. The van der Waals surface area contributed by atoms with E-state index in [2.05, 4.69) is 11.4 Å². The second-order valence-electron chi connectivity index (χ2n) is 4.10. The van der Waals surface area contributed by atoms with Gasteiger partial charge in [-0.05, 0) is 18.9 Å². The van der Waals surface area contributed by atoms with E-state index in [0.29, 0.717) is 6.54 Å². The molecule has 0 heterocycles. The molecule has 0 aliphatic rings. The third-order valence-corrected chi connectivity index (χ3v) is 2.49. The van der Waals surface area contributed by atoms with Crippen LogP contribution in [-0.2, 0) is 11.3 Å². The number of carbonyl (C=O) groups is 1. The van der Waals surface area contributed by atoms with Gasteiger partial charge in [-0.2, -0.15) is 0 Å². The highest BCUT2D eigenvalue weighted by Gasteiger charge is 2.11. The summed E-state index contributed by atoms with van der Waals surface area (Å²) in [5.41, 5.74) is 8.02. The standard InChI is InChI=1S/C13H20N2O.ClH/c1-3-5-12(14)13(16)15-9-11-7-4-6-10(2)8-11;/h4,6-8,12H,3,5,9,14H2,1-2H3,(H,15,16);1H. The predicted molar refractivity (Wildman–Crippen MR) is 73.2 cm³/mol. The molecule has 17 heavy (non-hydrogen) atoms. The first-order valence-corrected chi connectivity index (χ1v) is 5.72. The Morgan fingerprint density at radius 1 is 1.47 bits per heavy atom. The molecule has 4 heteroatoms. The van der Waals surface area contributed by atoms with E-state index in [1.54, 1.807) is 0 Å². The third-order valence-electron chi connectivity index (χ3n) is 2.49. The normalized spacial score (nSPS) is 11.5. The largest absolute Gasteiger partial charge is 0.351 e. The lowest BCUT2D eigenvalue weighted by Crippen LogP contribution is -2.40. The van der Waals surface area contributed by atoms with E-state index in [-0.39, 0.29) is 24.4 Å². The van der Waals surface area contributed by atoms with Crippen LogP contribution in [0.1, 0.15) is 30.9 Å². The van der Waals surface area contributed by atoms with Crippen molar-refractivity contribution >= 4 is 18.3 Å². The molecule has 0 aromatic heterocycles. The van der Waals surface area contributed by atoms with Gasteiger partial charge in [-0.15, -0.1) is 12.4 Å². The Kier molecular flexibility index (Phi) is 7.59.